The zero-order valence-electron chi connectivity index (χ0n) is 6.26. The maximum Gasteiger partial charge on any atom is 0.134 e. The molecule has 1 aromatic rings. The SMILES string of the molecule is Cc1ccc(O)c(CN)c1F. The van der Waals surface area contributed by atoms with Crippen LogP contribution in [-0.2, 0) is 6.54 Å². The fourth-order valence-corrected chi connectivity index (χ4v) is 0.922. The summed E-state index contributed by atoms with van der Waals surface area (Å²) in [6, 6.07) is 2.96. The summed E-state index contributed by atoms with van der Waals surface area (Å²) in [7, 11) is 0. The minimum absolute atomic E-state index is 0.0271. The van der Waals surface area contributed by atoms with Crippen molar-refractivity contribution in [2.45, 2.75) is 13.5 Å². The Hall–Kier alpha value is -1.09. The molecule has 0 amide bonds. The second kappa shape index (κ2) is 2.88. The third-order valence-corrected chi connectivity index (χ3v) is 1.62. The van der Waals surface area contributed by atoms with Gasteiger partial charge in [0.2, 0.25) is 0 Å². The molecule has 0 heterocycles. The molecule has 0 spiro atoms. The maximum absolute atomic E-state index is 13.0. The lowest BCUT2D eigenvalue weighted by atomic mass is 10.1. The Balaban J connectivity index is 3.29. The van der Waals surface area contributed by atoms with Gasteiger partial charge in [0.1, 0.15) is 11.6 Å². The molecule has 0 aromatic heterocycles. The maximum atomic E-state index is 13.0. The lowest BCUT2D eigenvalue weighted by molar-refractivity contribution is 0.458. The predicted octanol–water partition coefficient (Wildman–Crippen LogP) is 1.30. The zero-order valence-corrected chi connectivity index (χ0v) is 6.26. The molecular formula is C8H10FNO. The molecular weight excluding hydrogens is 145 g/mol. The number of nitrogens with two attached hydrogens (primary N) is 1. The van der Waals surface area contributed by atoms with Gasteiger partial charge in [-0.1, -0.05) is 6.07 Å². The van der Waals surface area contributed by atoms with Crippen molar-refractivity contribution in [1.29, 1.82) is 0 Å². The molecule has 0 aliphatic heterocycles. The van der Waals surface area contributed by atoms with Gasteiger partial charge in [-0.2, -0.15) is 0 Å². The number of phenolic OH excluding ortho intramolecular Hbond substituents is 1. The minimum atomic E-state index is -0.410. The number of phenols is 1. The molecule has 2 nitrogen and oxygen atoms in total. The van der Waals surface area contributed by atoms with Gasteiger partial charge in [0.25, 0.3) is 0 Å². The number of aromatic hydroxyl groups is 1. The average Bonchev–Trinajstić information content (AvgIpc) is 1.99. The van der Waals surface area contributed by atoms with Gasteiger partial charge in [0.05, 0.1) is 0 Å². The topological polar surface area (TPSA) is 46.2 Å². The van der Waals surface area contributed by atoms with Crippen molar-refractivity contribution in [3.63, 3.8) is 0 Å². The van der Waals surface area contributed by atoms with Gasteiger partial charge in [-0.05, 0) is 18.6 Å². The van der Waals surface area contributed by atoms with Crippen LogP contribution in [0, 0.1) is 12.7 Å². The summed E-state index contributed by atoms with van der Waals surface area (Å²) in [4.78, 5) is 0. The van der Waals surface area contributed by atoms with Crippen molar-refractivity contribution in [2.24, 2.45) is 5.73 Å². The highest BCUT2D eigenvalue weighted by Crippen LogP contribution is 2.21. The van der Waals surface area contributed by atoms with Crippen LogP contribution in [0.3, 0.4) is 0 Å². The predicted molar refractivity (Wildman–Crippen MR) is 40.7 cm³/mol. The van der Waals surface area contributed by atoms with Crippen molar-refractivity contribution in [1.82, 2.24) is 0 Å². The van der Waals surface area contributed by atoms with Crippen LogP contribution in [0.15, 0.2) is 12.1 Å². The lowest BCUT2D eigenvalue weighted by Crippen LogP contribution is -2.01. The van der Waals surface area contributed by atoms with Crippen LogP contribution < -0.4 is 5.73 Å². The van der Waals surface area contributed by atoms with E-state index in [9.17, 15) is 4.39 Å². The molecule has 60 valence electrons. The first kappa shape index (κ1) is 8.01. The largest absolute Gasteiger partial charge is 0.508 e. The molecule has 0 aliphatic rings. The highest BCUT2D eigenvalue weighted by atomic mass is 19.1. The highest BCUT2D eigenvalue weighted by Gasteiger charge is 2.07. The summed E-state index contributed by atoms with van der Waals surface area (Å²) in [5, 5.41) is 9.10. The Bertz CT molecular complexity index is 273. The minimum Gasteiger partial charge on any atom is -0.508 e. The highest BCUT2D eigenvalue weighted by molar-refractivity contribution is 5.37. The van der Waals surface area contributed by atoms with Crippen LogP contribution in [-0.4, -0.2) is 5.11 Å². The number of aryl methyl sites for hydroxylation is 1. The van der Waals surface area contributed by atoms with Gasteiger partial charge in [0.15, 0.2) is 0 Å². The van der Waals surface area contributed by atoms with Crippen LogP contribution in [0.25, 0.3) is 0 Å². The van der Waals surface area contributed by atoms with Crippen LogP contribution in [0.1, 0.15) is 11.1 Å². The van der Waals surface area contributed by atoms with E-state index in [1.807, 2.05) is 0 Å². The van der Waals surface area contributed by atoms with Gasteiger partial charge in [-0.15, -0.1) is 0 Å². The molecule has 0 aliphatic carbocycles. The molecule has 0 saturated carbocycles. The number of rotatable bonds is 1. The Morgan fingerprint density at radius 2 is 2.18 bits per heavy atom. The second-order valence-electron chi connectivity index (χ2n) is 2.40. The Morgan fingerprint density at radius 1 is 1.55 bits per heavy atom. The third kappa shape index (κ3) is 1.33. The van der Waals surface area contributed by atoms with E-state index in [1.54, 1.807) is 6.92 Å². The Morgan fingerprint density at radius 3 is 2.64 bits per heavy atom. The smallest absolute Gasteiger partial charge is 0.134 e. The molecule has 0 fully saturated rings. The summed E-state index contributed by atoms with van der Waals surface area (Å²) >= 11 is 0. The summed E-state index contributed by atoms with van der Waals surface area (Å²) in [5.74, 6) is -0.483. The van der Waals surface area contributed by atoms with Gasteiger partial charge < -0.3 is 10.8 Å². The molecule has 3 N–H and O–H groups in total. The molecule has 0 atom stereocenters. The lowest BCUT2D eigenvalue weighted by Gasteiger charge is -2.04. The van der Waals surface area contributed by atoms with E-state index < -0.39 is 5.82 Å². The first-order chi connectivity index (χ1) is 5.16. The quantitative estimate of drug-likeness (QED) is 0.642. The van der Waals surface area contributed by atoms with E-state index >= 15 is 0 Å². The summed E-state index contributed by atoms with van der Waals surface area (Å²) in [6.45, 7) is 1.66. The van der Waals surface area contributed by atoms with E-state index in [-0.39, 0.29) is 17.9 Å². The van der Waals surface area contributed by atoms with E-state index in [0.29, 0.717) is 5.56 Å². The standard InChI is InChI=1S/C8H10FNO/c1-5-2-3-7(11)6(4-10)8(5)9/h2-3,11H,4,10H2,1H3. The van der Waals surface area contributed by atoms with Crippen LogP contribution in [0.4, 0.5) is 4.39 Å². The van der Waals surface area contributed by atoms with Gasteiger partial charge in [-0.3, -0.25) is 0 Å². The van der Waals surface area contributed by atoms with Crippen LogP contribution >= 0.6 is 0 Å². The van der Waals surface area contributed by atoms with Crippen LogP contribution in [0.2, 0.25) is 0 Å². The molecule has 0 bridgehead atoms. The summed E-state index contributed by atoms with van der Waals surface area (Å²) < 4.78 is 13.0. The molecule has 0 unspecified atom stereocenters. The first-order valence-electron chi connectivity index (χ1n) is 3.34. The van der Waals surface area contributed by atoms with Crippen molar-refractivity contribution in [3.05, 3.63) is 29.1 Å². The fourth-order valence-electron chi connectivity index (χ4n) is 0.922. The molecule has 3 heteroatoms. The molecule has 1 rings (SSSR count). The number of halogens is 1. The van der Waals surface area contributed by atoms with Gasteiger partial charge >= 0.3 is 0 Å². The van der Waals surface area contributed by atoms with Crippen molar-refractivity contribution in [3.8, 4) is 5.75 Å². The Labute approximate surface area is 64.5 Å². The zero-order chi connectivity index (χ0) is 8.43. The first-order valence-corrected chi connectivity index (χ1v) is 3.34. The fraction of sp³-hybridized carbons (Fsp3) is 0.250. The third-order valence-electron chi connectivity index (χ3n) is 1.62. The second-order valence-corrected chi connectivity index (χ2v) is 2.40. The van der Waals surface area contributed by atoms with Crippen molar-refractivity contribution < 1.29 is 9.50 Å². The van der Waals surface area contributed by atoms with E-state index in [1.165, 1.54) is 12.1 Å². The van der Waals surface area contributed by atoms with Crippen LogP contribution in [0.5, 0.6) is 5.75 Å². The van der Waals surface area contributed by atoms with Crippen molar-refractivity contribution >= 4 is 0 Å². The van der Waals surface area contributed by atoms with E-state index in [4.69, 9.17) is 10.8 Å². The molecule has 1 aromatic carbocycles. The number of hydrogen-bond donors (Lipinski definition) is 2. The number of benzene rings is 1. The van der Waals surface area contributed by atoms with Gasteiger partial charge in [0, 0.05) is 12.1 Å². The summed E-state index contributed by atoms with van der Waals surface area (Å²) in [5.41, 5.74) is 5.91. The summed E-state index contributed by atoms with van der Waals surface area (Å²) in [6.07, 6.45) is 0. The van der Waals surface area contributed by atoms with Crippen molar-refractivity contribution in [2.75, 3.05) is 0 Å². The monoisotopic (exact) mass is 155 g/mol. The Kier molecular flexibility index (Phi) is 2.10. The van der Waals surface area contributed by atoms with E-state index in [2.05, 4.69) is 0 Å². The molecule has 11 heavy (non-hydrogen) atoms. The van der Waals surface area contributed by atoms with Gasteiger partial charge in [-0.25, -0.2) is 4.39 Å². The normalized spacial score (nSPS) is 10.1. The van der Waals surface area contributed by atoms with E-state index in [0.717, 1.165) is 0 Å². The molecule has 0 saturated heterocycles. The number of hydrogen-bond acceptors (Lipinski definition) is 2. The molecule has 0 radical (unpaired) electrons. The average molecular weight is 155 g/mol.